The van der Waals surface area contributed by atoms with Crippen molar-refractivity contribution in [3.8, 4) is 0 Å². The first-order valence-corrected chi connectivity index (χ1v) is 4.23. The van der Waals surface area contributed by atoms with E-state index in [9.17, 15) is 0 Å². The Hall–Kier alpha value is -0.640. The summed E-state index contributed by atoms with van der Waals surface area (Å²) in [7, 11) is 1.98. The highest BCUT2D eigenvalue weighted by molar-refractivity contribution is 9.10. The van der Waals surface area contributed by atoms with Crippen LogP contribution in [-0.4, -0.2) is 23.8 Å². The van der Waals surface area contributed by atoms with Gasteiger partial charge in [0, 0.05) is 13.6 Å². The first-order valence-electron chi connectivity index (χ1n) is 3.44. The smallest absolute Gasteiger partial charge is 0.151 e. The van der Waals surface area contributed by atoms with Crippen LogP contribution >= 0.6 is 15.9 Å². The number of anilines is 1. The number of hydrogen-bond donors (Lipinski definition) is 0. The van der Waals surface area contributed by atoms with E-state index >= 15 is 0 Å². The normalized spacial score (nSPS) is 9.73. The molecule has 0 N–H and O–H groups in total. The molecule has 0 aliphatic carbocycles. The molecule has 1 aromatic rings. The zero-order chi connectivity index (χ0) is 8.27. The summed E-state index contributed by atoms with van der Waals surface area (Å²) in [5, 5.41) is 7.85. The predicted molar refractivity (Wildman–Crippen MR) is 48.7 cm³/mol. The van der Waals surface area contributed by atoms with Crippen LogP contribution in [0, 0.1) is 0 Å². The molecular formula is C7H10BrN3. The Morgan fingerprint density at radius 2 is 2.18 bits per heavy atom. The fraction of sp³-hybridized carbons (Fsp3) is 0.429. The molecule has 1 aromatic heterocycles. The van der Waals surface area contributed by atoms with Gasteiger partial charge in [-0.1, -0.05) is 0 Å². The average molecular weight is 216 g/mol. The molecule has 0 spiro atoms. The average Bonchev–Trinajstić information content (AvgIpc) is 2.05. The fourth-order valence-corrected chi connectivity index (χ4v) is 0.886. The standard InChI is InChI=1S/C7H10BrN3/c1-3-11(2)7-5-4-6(8)9-10-7/h4-5H,3H2,1-2H3. The van der Waals surface area contributed by atoms with Crippen LogP contribution in [0.15, 0.2) is 16.7 Å². The van der Waals surface area contributed by atoms with Crippen LogP contribution in [-0.2, 0) is 0 Å². The predicted octanol–water partition coefficient (Wildman–Crippen LogP) is 1.70. The molecule has 1 heterocycles. The third kappa shape index (κ3) is 2.15. The molecule has 0 saturated heterocycles. The summed E-state index contributed by atoms with van der Waals surface area (Å²) in [6.07, 6.45) is 0. The van der Waals surface area contributed by atoms with E-state index in [1.54, 1.807) is 0 Å². The van der Waals surface area contributed by atoms with Crippen molar-refractivity contribution in [2.24, 2.45) is 0 Å². The van der Waals surface area contributed by atoms with Crippen LogP contribution in [0.2, 0.25) is 0 Å². The summed E-state index contributed by atoms with van der Waals surface area (Å²) in [4.78, 5) is 2.03. The second-order valence-corrected chi connectivity index (χ2v) is 3.04. The van der Waals surface area contributed by atoms with Crippen molar-refractivity contribution < 1.29 is 0 Å². The molecule has 1 rings (SSSR count). The topological polar surface area (TPSA) is 29.0 Å². The van der Waals surface area contributed by atoms with E-state index in [1.165, 1.54) is 0 Å². The fourth-order valence-electron chi connectivity index (χ4n) is 0.675. The number of aromatic nitrogens is 2. The molecule has 0 unspecified atom stereocenters. The summed E-state index contributed by atoms with van der Waals surface area (Å²) in [5.74, 6) is 0.899. The zero-order valence-corrected chi connectivity index (χ0v) is 8.17. The van der Waals surface area contributed by atoms with Crippen molar-refractivity contribution in [3.63, 3.8) is 0 Å². The Bertz CT molecular complexity index is 222. The minimum Gasteiger partial charge on any atom is -0.358 e. The lowest BCUT2D eigenvalue weighted by Gasteiger charge is -2.13. The molecule has 0 fully saturated rings. The van der Waals surface area contributed by atoms with E-state index in [4.69, 9.17) is 0 Å². The quantitative estimate of drug-likeness (QED) is 0.753. The number of halogens is 1. The van der Waals surface area contributed by atoms with Gasteiger partial charge in [-0.2, -0.15) is 0 Å². The maximum atomic E-state index is 3.98. The Kier molecular flexibility index (Phi) is 2.82. The lowest BCUT2D eigenvalue weighted by molar-refractivity contribution is 0.889. The molecule has 11 heavy (non-hydrogen) atoms. The number of nitrogens with zero attached hydrogens (tertiary/aromatic N) is 3. The molecule has 0 atom stereocenters. The molecule has 0 amide bonds. The summed E-state index contributed by atoms with van der Waals surface area (Å²) in [6, 6.07) is 3.81. The van der Waals surface area contributed by atoms with Gasteiger partial charge in [-0.3, -0.25) is 0 Å². The van der Waals surface area contributed by atoms with Gasteiger partial charge in [0.15, 0.2) is 5.82 Å². The van der Waals surface area contributed by atoms with Gasteiger partial charge in [0.25, 0.3) is 0 Å². The molecule has 0 radical (unpaired) electrons. The van der Waals surface area contributed by atoms with Gasteiger partial charge in [-0.25, -0.2) is 0 Å². The second-order valence-electron chi connectivity index (χ2n) is 2.23. The van der Waals surface area contributed by atoms with E-state index in [0.29, 0.717) is 0 Å². The molecule has 0 aliphatic heterocycles. The van der Waals surface area contributed by atoms with Crippen molar-refractivity contribution in [3.05, 3.63) is 16.7 Å². The van der Waals surface area contributed by atoms with Crippen LogP contribution in [0.25, 0.3) is 0 Å². The molecular weight excluding hydrogens is 206 g/mol. The van der Waals surface area contributed by atoms with Gasteiger partial charge in [0.1, 0.15) is 4.60 Å². The third-order valence-corrected chi connectivity index (χ3v) is 1.91. The van der Waals surface area contributed by atoms with Crippen molar-refractivity contribution in [1.29, 1.82) is 0 Å². The van der Waals surface area contributed by atoms with Crippen LogP contribution in [0.4, 0.5) is 5.82 Å². The SMILES string of the molecule is CCN(C)c1ccc(Br)nn1. The molecule has 0 aliphatic rings. The van der Waals surface area contributed by atoms with Gasteiger partial charge < -0.3 is 4.90 Å². The van der Waals surface area contributed by atoms with Crippen LogP contribution in [0.5, 0.6) is 0 Å². The highest BCUT2D eigenvalue weighted by Crippen LogP contribution is 2.09. The Balaban J connectivity index is 2.81. The minimum atomic E-state index is 0.769. The van der Waals surface area contributed by atoms with Crippen molar-refractivity contribution in [2.75, 3.05) is 18.5 Å². The third-order valence-electron chi connectivity index (χ3n) is 1.48. The Morgan fingerprint density at radius 3 is 2.64 bits per heavy atom. The molecule has 60 valence electrons. The summed E-state index contributed by atoms with van der Waals surface area (Å²) < 4.78 is 0.769. The summed E-state index contributed by atoms with van der Waals surface area (Å²) in [6.45, 7) is 3.01. The zero-order valence-electron chi connectivity index (χ0n) is 6.58. The number of hydrogen-bond acceptors (Lipinski definition) is 3. The van der Waals surface area contributed by atoms with E-state index < -0.39 is 0 Å². The lowest BCUT2D eigenvalue weighted by atomic mass is 10.5. The summed E-state index contributed by atoms with van der Waals surface area (Å²) >= 11 is 3.22. The Morgan fingerprint density at radius 1 is 1.45 bits per heavy atom. The monoisotopic (exact) mass is 215 g/mol. The largest absolute Gasteiger partial charge is 0.358 e. The van der Waals surface area contributed by atoms with Crippen LogP contribution < -0.4 is 4.90 Å². The second kappa shape index (κ2) is 3.67. The van der Waals surface area contributed by atoms with Gasteiger partial charge in [-0.05, 0) is 35.0 Å². The van der Waals surface area contributed by atoms with Gasteiger partial charge in [-0.15, -0.1) is 10.2 Å². The summed E-state index contributed by atoms with van der Waals surface area (Å²) in [5.41, 5.74) is 0. The molecule has 0 bridgehead atoms. The molecule has 4 heteroatoms. The lowest BCUT2D eigenvalue weighted by Crippen LogP contribution is -2.17. The van der Waals surface area contributed by atoms with Crippen LogP contribution in [0.3, 0.4) is 0 Å². The highest BCUT2D eigenvalue weighted by atomic mass is 79.9. The minimum absolute atomic E-state index is 0.769. The van der Waals surface area contributed by atoms with E-state index in [1.807, 2.05) is 24.1 Å². The molecule has 0 aromatic carbocycles. The first kappa shape index (κ1) is 8.46. The van der Waals surface area contributed by atoms with Crippen molar-refractivity contribution in [1.82, 2.24) is 10.2 Å². The maximum absolute atomic E-state index is 3.98. The molecule has 3 nitrogen and oxygen atoms in total. The van der Waals surface area contributed by atoms with Crippen LogP contribution in [0.1, 0.15) is 6.92 Å². The van der Waals surface area contributed by atoms with Gasteiger partial charge >= 0.3 is 0 Å². The van der Waals surface area contributed by atoms with Crippen molar-refractivity contribution in [2.45, 2.75) is 6.92 Å². The van der Waals surface area contributed by atoms with E-state index in [2.05, 4.69) is 33.1 Å². The molecule has 0 saturated carbocycles. The Labute approximate surface area is 74.6 Å². The van der Waals surface area contributed by atoms with Gasteiger partial charge in [0.2, 0.25) is 0 Å². The van der Waals surface area contributed by atoms with Gasteiger partial charge in [0.05, 0.1) is 0 Å². The number of rotatable bonds is 2. The highest BCUT2D eigenvalue weighted by Gasteiger charge is 1.98. The van der Waals surface area contributed by atoms with Crippen molar-refractivity contribution >= 4 is 21.7 Å². The van der Waals surface area contributed by atoms with E-state index in [0.717, 1.165) is 17.0 Å². The first-order chi connectivity index (χ1) is 5.24. The maximum Gasteiger partial charge on any atom is 0.151 e. The van der Waals surface area contributed by atoms with E-state index in [-0.39, 0.29) is 0 Å².